The van der Waals surface area contributed by atoms with Crippen LogP contribution in [-0.4, -0.2) is 19.0 Å². The molecule has 2 rings (SSSR count). The summed E-state index contributed by atoms with van der Waals surface area (Å²) in [6, 6.07) is 8.47. The van der Waals surface area contributed by atoms with Gasteiger partial charge in [-0.2, -0.15) is 0 Å². The van der Waals surface area contributed by atoms with E-state index in [1.165, 1.54) is 37.7 Å². The lowest BCUT2D eigenvalue weighted by Crippen LogP contribution is -2.45. The molecule has 1 aromatic carbocycles. The van der Waals surface area contributed by atoms with E-state index in [0.717, 1.165) is 10.9 Å². The first kappa shape index (κ1) is 13.9. The number of rotatable bonds is 3. The average Bonchev–Trinajstić information content (AvgIpc) is 2.39. The Hall–Kier alpha value is -0.530. The second-order valence-electron chi connectivity index (χ2n) is 5.80. The Kier molecular flexibility index (Phi) is 4.34. The minimum absolute atomic E-state index is 0.212. The van der Waals surface area contributed by atoms with Gasteiger partial charge in [0.15, 0.2) is 0 Å². The molecule has 2 unspecified atom stereocenters. The van der Waals surface area contributed by atoms with Crippen LogP contribution < -0.4 is 0 Å². The maximum atomic E-state index is 6.02. The maximum Gasteiger partial charge on any atom is 0.0457 e. The molecule has 0 aliphatic heterocycles. The Morgan fingerprint density at radius 2 is 1.94 bits per heavy atom. The molecule has 0 N–H and O–H groups in total. The van der Waals surface area contributed by atoms with Crippen LogP contribution in [0, 0.1) is 5.92 Å². The Labute approximate surface area is 116 Å². The van der Waals surface area contributed by atoms with E-state index >= 15 is 0 Å². The van der Waals surface area contributed by atoms with Crippen LogP contribution in [0.15, 0.2) is 24.3 Å². The third-order valence-electron chi connectivity index (χ3n) is 4.64. The Balaban J connectivity index is 2.34. The summed E-state index contributed by atoms with van der Waals surface area (Å²) in [6.07, 6.45) is 6.55. The molecule has 1 fully saturated rings. The van der Waals surface area contributed by atoms with Crippen LogP contribution >= 0.6 is 11.6 Å². The van der Waals surface area contributed by atoms with Gasteiger partial charge in [-0.05, 0) is 50.6 Å². The van der Waals surface area contributed by atoms with E-state index in [9.17, 15) is 0 Å². The molecule has 0 bridgehead atoms. The summed E-state index contributed by atoms with van der Waals surface area (Å²) in [4.78, 5) is 2.41. The fraction of sp³-hybridized carbons (Fsp3) is 0.625. The van der Waals surface area contributed by atoms with E-state index in [1.807, 2.05) is 12.1 Å². The topological polar surface area (TPSA) is 3.24 Å². The van der Waals surface area contributed by atoms with Crippen molar-refractivity contribution in [3.8, 4) is 0 Å². The van der Waals surface area contributed by atoms with Gasteiger partial charge in [-0.1, -0.05) is 49.9 Å². The van der Waals surface area contributed by atoms with Gasteiger partial charge in [0.1, 0.15) is 0 Å². The van der Waals surface area contributed by atoms with Crippen molar-refractivity contribution in [3.05, 3.63) is 34.9 Å². The molecule has 2 heteroatoms. The SMILES string of the molecule is CCC1CCCC(c2ccc(Cl)cc2)(N(C)C)C1. The van der Waals surface area contributed by atoms with Gasteiger partial charge in [0.05, 0.1) is 0 Å². The van der Waals surface area contributed by atoms with Crippen molar-refractivity contribution >= 4 is 11.6 Å². The predicted octanol–water partition coefficient (Wildman–Crippen LogP) is 4.70. The molecule has 1 aromatic rings. The summed E-state index contributed by atoms with van der Waals surface area (Å²) in [7, 11) is 4.43. The molecule has 2 atom stereocenters. The number of hydrogen-bond donors (Lipinski definition) is 0. The number of benzene rings is 1. The average molecular weight is 266 g/mol. The minimum atomic E-state index is 0.212. The molecule has 0 heterocycles. The number of nitrogens with zero attached hydrogens (tertiary/aromatic N) is 1. The first-order valence-corrected chi connectivity index (χ1v) is 7.40. The standard InChI is InChI=1S/C16H24ClN/c1-4-13-6-5-11-16(12-13,18(2)3)14-7-9-15(17)10-8-14/h7-10,13H,4-6,11-12H2,1-3H3. The molecule has 1 saturated carbocycles. The minimum Gasteiger partial charge on any atom is -0.300 e. The number of hydrogen-bond acceptors (Lipinski definition) is 1. The van der Waals surface area contributed by atoms with Gasteiger partial charge in [-0.25, -0.2) is 0 Å². The molecule has 18 heavy (non-hydrogen) atoms. The van der Waals surface area contributed by atoms with Crippen molar-refractivity contribution < 1.29 is 0 Å². The summed E-state index contributed by atoms with van der Waals surface area (Å²) >= 11 is 6.02. The van der Waals surface area contributed by atoms with Gasteiger partial charge in [-0.3, -0.25) is 4.90 Å². The van der Waals surface area contributed by atoms with Crippen LogP contribution in [0.2, 0.25) is 5.02 Å². The molecule has 1 nitrogen and oxygen atoms in total. The monoisotopic (exact) mass is 265 g/mol. The predicted molar refractivity (Wildman–Crippen MR) is 79.1 cm³/mol. The van der Waals surface area contributed by atoms with Gasteiger partial charge in [0, 0.05) is 10.6 Å². The zero-order valence-corrected chi connectivity index (χ0v) is 12.5. The summed E-state index contributed by atoms with van der Waals surface area (Å²) < 4.78 is 0. The molecular weight excluding hydrogens is 242 g/mol. The normalized spacial score (nSPS) is 28.6. The van der Waals surface area contributed by atoms with Crippen molar-refractivity contribution in [2.24, 2.45) is 5.92 Å². The highest BCUT2D eigenvalue weighted by Crippen LogP contribution is 2.44. The lowest BCUT2D eigenvalue weighted by atomic mass is 9.70. The van der Waals surface area contributed by atoms with Crippen LogP contribution in [0.4, 0.5) is 0 Å². The molecule has 0 aromatic heterocycles. The number of halogens is 1. The fourth-order valence-corrected chi connectivity index (χ4v) is 3.53. The van der Waals surface area contributed by atoms with Crippen LogP contribution in [0.3, 0.4) is 0 Å². The molecule has 0 radical (unpaired) electrons. The van der Waals surface area contributed by atoms with Crippen LogP contribution in [0.5, 0.6) is 0 Å². The van der Waals surface area contributed by atoms with Crippen molar-refractivity contribution in [2.75, 3.05) is 14.1 Å². The lowest BCUT2D eigenvalue weighted by Gasteiger charge is -2.46. The third-order valence-corrected chi connectivity index (χ3v) is 4.90. The van der Waals surface area contributed by atoms with Crippen molar-refractivity contribution in [2.45, 2.75) is 44.6 Å². The lowest BCUT2D eigenvalue weighted by molar-refractivity contribution is 0.0677. The van der Waals surface area contributed by atoms with E-state index in [-0.39, 0.29) is 5.54 Å². The van der Waals surface area contributed by atoms with E-state index in [0.29, 0.717) is 0 Å². The zero-order chi connectivity index (χ0) is 13.2. The largest absolute Gasteiger partial charge is 0.300 e. The van der Waals surface area contributed by atoms with Crippen LogP contribution in [0.1, 0.15) is 44.6 Å². The molecule has 100 valence electrons. The highest BCUT2D eigenvalue weighted by molar-refractivity contribution is 6.30. The van der Waals surface area contributed by atoms with Gasteiger partial charge in [-0.15, -0.1) is 0 Å². The smallest absolute Gasteiger partial charge is 0.0457 e. The molecule has 0 saturated heterocycles. The molecule has 1 aliphatic rings. The second-order valence-corrected chi connectivity index (χ2v) is 6.24. The van der Waals surface area contributed by atoms with E-state index in [2.05, 4.69) is 38.1 Å². The molecular formula is C16H24ClN. The third kappa shape index (κ3) is 2.57. The maximum absolute atomic E-state index is 6.02. The summed E-state index contributed by atoms with van der Waals surface area (Å²) in [5.74, 6) is 0.858. The van der Waals surface area contributed by atoms with Gasteiger partial charge in [0.2, 0.25) is 0 Å². The van der Waals surface area contributed by atoms with Gasteiger partial charge >= 0.3 is 0 Å². The highest BCUT2D eigenvalue weighted by atomic mass is 35.5. The van der Waals surface area contributed by atoms with Crippen molar-refractivity contribution in [1.29, 1.82) is 0 Å². The van der Waals surface area contributed by atoms with Crippen molar-refractivity contribution in [1.82, 2.24) is 4.90 Å². The van der Waals surface area contributed by atoms with Crippen molar-refractivity contribution in [3.63, 3.8) is 0 Å². The quantitative estimate of drug-likeness (QED) is 0.766. The Bertz CT molecular complexity index is 385. The molecule has 1 aliphatic carbocycles. The Morgan fingerprint density at radius 1 is 1.28 bits per heavy atom. The molecule has 0 amide bonds. The first-order valence-electron chi connectivity index (χ1n) is 7.02. The van der Waals surface area contributed by atoms with E-state index in [4.69, 9.17) is 11.6 Å². The van der Waals surface area contributed by atoms with Gasteiger partial charge < -0.3 is 0 Å². The highest BCUT2D eigenvalue weighted by Gasteiger charge is 2.39. The van der Waals surface area contributed by atoms with Crippen LogP contribution in [-0.2, 0) is 5.54 Å². The molecule has 0 spiro atoms. The van der Waals surface area contributed by atoms with E-state index < -0.39 is 0 Å². The fourth-order valence-electron chi connectivity index (χ4n) is 3.40. The van der Waals surface area contributed by atoms with Gasteiger partial charge in [0.25, 0.3) is 0 Å². The summed E-state index contributed by atoms with van der Waals surface area (Å²) in [5.41, 5.74) is 1.64. The van der Waals surface area contributed by atoms with E-state index in [1.54, 1.807) is 0 Å². The summed E-state index contributed by atoms with van der Waals surface area (Å²) in [6.45, 7) is 2.32. The summed E-state index contributed by atoms with van der Waals surface area (Å²) in [5, 5.41) is 0.829. The van der Waals surface area contributed by atoms with Crippen LogP contribution in [0.25, 0.3) is 0 Å². The Morgan fingerprint density at radius 3 is 2.50 bits per heavy atom. The second kappa shape index (κ2) is 5.63. The first-order chi connectivity index (χ1) is 8.58. The zero-order valence-electron chi connectivity index (χ0n) is 11.7.